The van der Waals surface area contributed by atoms with Gasteiger partial charge in [0, 0.05) is 42.0 Å². The van der Waals surface area contributed by atoms with E-state index in [1.54, 1.807) is 64.9 Å². The SMILES string of the molecule is CC(C)c1nc(-c2cc(NC(=O)OC(C)(C)C)cc(F)c2OC(F)(F)F)c(F)c2c1c(C1C3CN(C(=O)OC(C)(C)C)CC31)c(CC(=O)O)n2C1CC1. The maximum absolute atomic E-state index is 17.4. The quantitative estimate of drug-likeness (QED) is 0.218. The summed E-state index contributed by atoms with van der Waals surface area (Å²) < 4.78 is 90.6. The fraction of sp³-hybridized carbons (Fsp3) is 0.568. The van der Waals surface area contributed by atoms with E-state index in [4.69, 9.17) is 9.47 Å². The zero-order chi connectivity index (χ0) is 39.1. The summed E-state index contributed by atoms with van der Waals surface area (Å²) in [7, 11) is 0. The van der Waals surface area contributed by atoms with Crippen LogP contribution >= 0.6 is 0 Å². The van der Waals surface area contributed by atoms with Crippen molar-refractivity contribution >= 4 is 34.7 Å². The number of carbonyl (C=O) groups is 3. The minimum atomic E-state index is -5.38. The van der Waals surface area contributed by atoms with E-state index < -0.39 is 76.7 Å². The summed E-state index contributed by atoms with van der Waals surface area (Å²) in [4.78, 5) is 44.0. The van der Waals surface area contributed by atoms with Crippen LogP contribution in [0, 0.1) is 23.5 Å². The maximum atomic E-state index is 17.4. The summed E-state index contributed by atoms with van der Waals surface area (Å²) in [6, 6.07) is 1.22. The second kappa shape index (κ2) is 13.0. The molecule has 2 unspecified atom stereocenters. The Bertz CT molecular complexity index is 1980. The van der Waals surface area contributed by atoms with Gasteiger partial charge in [0.25, 0.3) is 0 Å². The van der Waals surface area contributed by atoms with E-state index in [2.05, 4.69) is 15.0 Å². The fourth-order valence-corrected chi connectivity index (χ4v) is 7.40. The molecule has 2 aliphatic carbocycles. The van der Waals surface area contributed by atoms with Gasteiger partial charge in [-0.25, -0.2) is 23.4 Å². The maximum Gasteiger partial charge on any atom is 0.573 e. The summed E-state index contributed by atoms with van der Waals surface area (Å²) in [6.07, 6.45) is -6.16. The molecule has 3 aliphatic rings. The smallest absolute Gasteiger partial charge is 0.481 e. The predicted molar refractivity (Wildman–Crippen MR) is 183 cm³/mol. The van der Waals surface area contributed by atoms with Crippen molar-refractivity contribution < 1.29 is 55.7 Å². The Morgan fingerprint density at radius 1 is 0.981 bits per heavy atom. The van der Waals surface area contributed by atoms with Crippen LogP contribution in [0.25, 0.3) is 22.2 Å². The van der Waals surface area contributed by atoms with Crippen LogP contribution in [0.5, 0.6) is 5.75 Å². The van der Waals surface area contributed by atoms with Gasteiger partial charge in [-0.2, -0.15) is 0 Å². The molecule has 0 bridgehead atoms. The van der Waals surface area contributed by atoms with Gasteiger partial charge in [-0.15, -0.1) is 13.2 Å². The highest BCUT2D eigenvalue weighted by Crippen LogP contribution is 2.62. The molecule has 1 aliphatic heterocycles. The van der Waals surface area contributed by atoms with E-state index in [1.807, 2.05) is 0 Å². The number of halogens is 5. The van der Waals surface area contributed by atoms with Crippen molar-refractivity contribution in [1.29, 1.82) is 0 Å². The third-order valence-electron chi connectivity index (χ3n) is 9.37. The first-order valence-corrected chi connectivity index (χ1v) is 17.5. The highest BCUT2D eigenvalue weighted by molar-refractivity contribution is 5.95. The molecule has 53 heavy (non-hydrogen) atoms. The Morgan fingerprint density at radius 2 is 1.58 bits per heavy atom. The predicted octanol–water partition coefficient (Wildman–Crippen LogP) is 8.89. The molecule has 2 N–H and O–H groups in total. The third-order valence-corrected chi connectivity index (χ3v) is 9.37. The average Bonchev–Trinajstić information content (AvgIpc) is 3.86. The van der Waals surface area contributed by atoms with E-state index >= 15 is 8.78 Å². The number of nitrogens with one attached hydrogen (secondary N) is 1. The number of alkyl halides is 3. The van der Waals surface area contributed by atoms with Gasteiger partial charge in [0.1, 0.15) is 16.9 Å². The van der Waals surface area contributed by atoms with Gasteiger partial charge < -0.3 is 28.8 Å². The summed E-state index contributed by atoms with van der Waals surface area (Å²) >= 11 is 0. The van der Waals surface area contributed by atoms with Crippen LogP contribution in [-0.4, -0.2) is 68.4 Å². The molecule has 6 rings (SSSR count). The highest BCUT2D eigenvalue weighted by Gasteiger charge is 2.60. The van der Waals surface area contributed by atoms with Crippen molar-refractivity contribution in [2.45, 2.75) is 110 Å². The van der Waals surface area contributed by atoms with Gasteiger partial charge in [-0.05, 0) is 89.7 Å². The number of carboxylic acids is 1. The lowest BCUT2D eigenvalue weighted by atomic mass is 9.95. The Kier molecular flexibility index (Phi) is 9.38. The largest absolute Gasteiger partial charge is 0.573 e. The number of benzene rings is 1. The first-order valence-electron chi connectivity index (χ1n) is 17.5. The molecule has 3 heterocycles. The molecule has 1 saturated heterocycles. The number of ether oxygens (including phenoxy) is 3. The fourth-order valence-electron chi connectivity index (χ4n) is 7.40. The number of pyridine rings is 1. The van der Waals surface area contributed by atoms with Crippen molar-refractivity contribution in [1.82, 2.24) is 14.5 Å². The van der Waals surface area contributed by atoms with Crippen molar-refractivity contribution in [3.63, 3.8) is 0 Å². The number of hydrogen-bond donors (Lipinski definition) is 2. The monoisotopic (exact) mass is 750 g/mol. The lowest BCUT2D eigenvalue weighted by Gasteiger charge is -2.26. The summed E-state index contributed by atoms with van der Waals surface area (Å²) in [5.74, 6) is -6.05. The van der Waals surface area contributed by atoms with Gasteiger partial charge in [0.2, 0.25) is 0 Å². The Labute approximate surface area is 302 Å². The minimum Gasteiger partial charge on any atom is -0.481 e. The summed E-state index contributed by atoms with van der Waals surface area (Å²) in [5, 5.41) is 12.7. The number of carboxylic acid groups (broad SMARTS) is 1. The molecule has 288 valence electrons. The Hall–Kier alpha value is -4.63. The lowest BCUT2D eigenvalue weighted by molar-refractivity contribution is -0.275. The molecule has 0 radical (unpaired) electrons. The first kappa shape index (κ1) is 38.1. The minimum absolute atomic E-state index is 0.0507. The van der Waals surface area contributed by atoms with E-state index in [0.717, 1.165) is 6.07 Å². The van der Waals surface area contributed by atoms with E-state index in [0.29, 0.717) is 48.6 Å². The van der Waals surface area contributed by atoms with Crippen LogP contribution in [0.2, 0.25) is 0 Å². The van der Waals surface area contributed by atoms with Crippen LogP contribution in [0.3, 0.4) is 0 Å². The molecule has 2 aromatic heterocycles. The molecular weight excluding hydrogens is 707 g/mol. The number of anilines is 1. The number of likely N-dealkylation sites (tertiary alicyclic amines) is 1. The van der Waals surface area contributed by atoms with Crippen molar-refractivity contribution in [3.8, 4) is 17.0 Å². The van der Waals surface area contributed by atoms with Crippen LogP contribution in [0.4, 0.5) is 37.2 Å². The topological polar surface area (TPSA) is 132 Å². The van der Waals surface area contributed by atoms with Crippen LogP contribution in [-0.2, 0) is 20.7 Å². The third kappa shape index (κ3) is 7.86. The van der Waals surface area contributed by atoms with Crippen molar-refractivity contribution in [3.05, 3.63) is 40.7 Å². The Morgan fingerprint density at radius 3 is 2.09 bits per heavy atom. The van der Waals surface area contributed by atoms with Gasteiger partial charge in [-0.1, -0.05) is 13.8 Å². The van der Waals surface area contributed by atoms with Crippen LogP contribution < -0.4 is 10.1 Å². The second-order valence-electron chi connectivity index (χ2n) is 16.3. The number of piperidine rings is 1. The zero-order valence-corrected chi connectivity index (χ0v) is 30.7. The van der Waals surface area contributed by atoms with E-state index in [-0.39, 0.29) is 40.7 Å². The molecular formula is C37H43F5N4O7. The normalized spacial score (nSPS) is 20.1. The van der Waals surface area contributed by atoms with E-state index in [9.17, 15) is 32.7 Å². The number of nitrogens with zero attached hydrogens (tertiary/aromatic N) is 3. The number of fused-ring (bicyclic) bond motifs is 2. The first-order chi connectivity index (χ1) is 24.4. The number of aromatic nitrogens is 2. The van der Waals surface area contributed by atoms with Gasteiger partial charge in [-0.3, -0.25) is 10.1 Å². The second-order valence-corrected chi connectivity index (χ2v) is 16.3. The average molecular weight is 751 g/mol. The number of rotatable bonds is 8. The molecule has 0 spiro atoms. The molecule has 11 nitrogen and oxygen atoms in total. The molecule has 3 fully saturated rings. The Balaban J connectivity index is 1.55. The number of amides is 2. The highest BCUT2D eigenvalue weighted by atomic mass is 19.4. The van der Waals surface area contributed by atoms with E-state index in [1.165, 1.54) is 0 Å². The summed E-state index contributed by atoms with van der Waals surface area (Å²) in [6.45, 7) is 14.2. The lowest BCUT2D eigenvalue weighted by Crippen LogP contribution is -2.36. The number of carbonyl (C=O) groups excluding carboxylic acids is 2. The van der Waals surface area contributed by atoms with Crippen molar-refractivity contribution in [2.24, 2.45) is 11.8 Å². The zero-order valence-electron chi connectivity index (χ0n) is 30.7. The van der Waals surface area contributed by atoms with Crippen molar-refractivity contribution in [2.75, 3.05) is 18.4 Å². The molecule has 16 heteroatoms. The molecule has 2 atom stereocenters. The van der Waals surface area contributed by atoms with Crippen LogP contribution in [0.1, 0.15) is 103 Å². The van der Waals surface area contributed by atoms with Gasteiger partial charge in [0.15, 0.2) is 17.4 Å². The number of aliphatic carboxylic acids is 1. The van der Waals surface area contributed by atoms with Crippen LogP contribution in [0.15, 0.2) is 12.1 Å². The van der Waals surface area contributed by atoms with Gasteiger partial charge in [0.05, 0.1) is 23.2 Å². The molecule has 3 aromatic rings. The number of hydrogen-bond acceptors (Lipinski definition) is 7. The molecule has 2 amide bonds. The van der Waals surface area contributed by atoms with Gasteiger partial charge >= 0.3 is 24.5 Å². The molecule has 1 aromatic carbocycles. The standard InChI is InChI=1S/C37H43F5N4O7/c1-16(2)29-27-26(25-20-14-45(15-21(20)25)34(50)53-36(6,7)8)23(13-24(47)48)46(18-9-10-18)31(27)28(39)30(44-29)19-11-17(43-33(49)52-35(3,4)5)12-22(38)32(19)51-37(40,41)42/h11-12,16,18,20-21,25H,9-10,13-15H2,1-8H3,(H,43,49)(H,47,48). The summed E-state index contributed by atoms with van der Waals surface area (Å²) in [5.41, 5.74) is -2.27. The molecule has 2 saturated carbocycles.